The van der Waals surface area contributed by atoms with Crippen molar-refractivity contribution in [2.75, 3.05) is 24.4 Å². The minimum atomic E-state index is -3.34. The van der Waals surface area contributed by atoms with Crippen LogP contribution in [0.1, 0.15) is 29.0 Å². The lowest BCUT2D eigenvalue weighted by atomic mass is 9.98. The Morgan fingerprint density at radius 1 is 1.31 bits per heavy atom. The highest BCUT2D eigenvalue weighted by Gasteiger charge is 2.28. The summed E-state index contributed by atoms with van der Waals surface area (Å²) in [6.45, 7) is 1.60. The topological polar surface area (TPSA) is 146 Å². The van der Waals surface area contributed by atoms with Crippen LogP contribution in [-0.2, 0) is 0 Å². The van der Waals surface area contributed by atoms with E-state index in [-0.39, 0.29) is 23.5 Å². The summed E-state index contributed by atoms with van der Waals surface area (Å²) in [6, 6.07) is 6.84. The Bertz CT molecular complexity index is 939. The van der Waals surface area contributed by atoms with E-state index in [0.717, 1.165) is 12.8 Å². The number of hydrogen-bond acceptors (Lipinski definition) is 9. The molecule has 2 aromatic rings. The van der Waals surface area contributed by atoms with E-state index in [0.29, 0.717) is 36.7 Å². The quantitative estimate of drug-likeness (QED) is 0.590. The average molecular weight is 418 g/mol. The molecule has 29 heavy (non-hydrogen) atoms. The summed E-state index contributed by atoms with van der Waals surface area (Å²) in [5.41, 5.74) is 6.88. The second-order valence-electron chi connectivity index (χ2n) is 6.92. The highest BCUT2D eigenvalue weighted by atomic mass is 32.3. The van der Waals surface area contributed by atoms with Gasteiger partial charge in [0.05, 0.1) is 17.9 Å². The molecule has 11 heteroatoms. The van der Waals surface area contributed by atoms with E-state index in [9.17, 15) is 13.9 Å². The number of nitrogens with one attached hydrogen (secondary N) is 1. The van der Waals surface area contributed by atoms with Crippen LogP contribution in [0, 0.1) is 5.92 Å². The average Bonchev–Trinajstić information content (AvgIpc) is 2.71. The van der Waals surface area contributed by atoms with Gasteiger partial charge in [-0.1, -0.05) is 6.07 Å². The molecule has 3 heterocycles. The van der Waals surface area contributed by atoms with Crippen LogP contribution in [0.3, 0.4) is 0 Å². The van der Waals surface area contributed by atoms with Crippen LogP contribution < -0.4 is 15.2 Å². The van der Waals surface area contributed by atoms with Crippen LogP contribution >= 0.6 is 11.0 Å². The number of hydrogen-bond donors (Lipinski definition) is 4. The highest BCUT2D eigenvalue weighted by Crippen LogP contribution is 2.46. The Labute approximate surface area is 169 Å². The molecule has 2 aliphatic rings. The van der Waals surface area contributed by atoms with E-state index in [1.165, 1.54) is 0 Å². The predicted octanol–water partition coefficient (Wildman–Crippen LogP) is 2.12. The Kier molecular flexibility index (Phi) is 5.26. The fraction of sp³-hybridized carbons (Fsp3) is 0.333. The second kappa shape index (κ2) is 7.85. The van der Waals surface area contributed by atoms with Crippen LogP contribution in [0.25, 0.3) is 0 Å². The van der Waals surface area contributed by atoms with Gasteiger partial charge in [-0.05, 0) is 42.0 Å². The monoisotopic (exact) mass is 418 g/mol. The number of aromatic nitrogens is 2. The number of anilines is 1. The molecular formula is C18H22N6O4S. The number of ether oxygens (including phenoxy) is 1. The fourth-order valence-electron chi connectivity index (χ4n) is 3.50. The molecule has 1 aromatic carbocycles. The van der Waals surface area contributed by atoms with Crippen molar-refractivity contribution < 1.29 is 18.6 Å². The predicted molar refractivity (Wildman–Crippen MR) is 110 cm³/mol. The first-order valence-electron chi connectivity index (χ1n) is 9.17. The maximum Gasteiger partial charge on any atom is 0.291 e. The minimum absolute atomic E-state index is 0.0102. The summed E-state index contributed by atoms with van der Waals surface area (Å²) in [5, 5.41) is 0. The fourth-order valence-corrected chi connectivity index (χ4v) is 4.37. The van der Waals surface area contributed by atoms with Crippen molar-refractivity contribution in [1.82, 2.24) is 14.9 Å². The van der Waals surface area contributed by atoms with Gasteiger partial charge in [-0.2, -0.15) is 0 Å². The normalized spacial score (nSPS) is 21.4. The molecule has 0 saturated carbocycles. The molecule has 1 amide bonds. The third-order valence-corrected chi connectivity index (χ3v) is 5.74. The number of fused-ring (bicyclic) bond motifs is 1. The first-order valence-corrected chi connectivity index (χ1v) is 10.7. The zero-order valence-electron chi connectivity index (χ0n) is 15.6. The van der Waals surface area contributed by atoms with Gasteiger partial charge in [-0.3, -0.25) is 18.6 Å². The van der Waals surface area contributed by atoms with Gasteiger partial charge in [0.15, 0.2) is 5.84 Å². The smallest absolute Gasteiger partial charge is 0.291 e. The van der Waals surface area contributed by atoms with Gasteiger partial charge < -0.3 is 15.4 Å². The van der Waals surface area contributed by atoms with E-state index in [2.05, 4.69) is 19.1 Å². The molecule has 1 fully saturated rings. The van der Waals surface area contributed by atoms with Gasteiger partial charge in [0.1, 0.15) is 5.75 Å². The molecule has 0 spiro atoms. The van der Waals surface area contributed by atoms with Gasteiger partial charge in [-0.15, -0.1) is 4.40 Å². The van der Waals surface area contributed by atoms with E-state index >= 15 is 0 Å². The van der Waals surface area contributed by atoms with Gasteiger partial charge in [0, 0.05) is 31.4 Å². The summed E-state index contributed by atoms with van der Waals surface area (Å²) >= 11 is 0. The Hall–Kier alpha value is -2.89. The van der Waals surface area contributed by atoms with Crippen LogP contribution in [0.15, 0.2) is 41.1 Å². The van der Waals surface area contributed by atoms with Crippen molar-refractivity contribution in [3.8, 4) is 5.75 Å². The molecule has 2 aliphatic heterocycles. The molecule has 0 radical (unpaired) electrons. The van der Waals surface area contributed by atoms with Gasteiger partial charge >= 0.3 is 0 Å². The third kappa shape index (κ3) is 4.26. The number of piperidine rings is 1. The number of likely N-dealkylation sites (tertiary alicyclic amines) is 1. The molecule has 1 atom stereocenters. The molecule has 1 aromatic heterocycles. The van der Waals surface area contributed by atoms with Gasteiger partial charge in [0.25, 0.3) is 5.91 Å². The van der Waals surface area contributed by atoms with Crippen molar-refractivity contribution in [3.63, 3.8) is 0 Å². The van der Waals surface area contributed by atoms with E-state index in [1.54, 1.807) is 41.6 Å². The second-order valence-corrected chi connectivity index (χ2v) is 8.34. The number of nitrogens with two attached hydrogens (primary N) is 1. The number of carbonyl (C=O) groups is 1. The number of rotatable bonds is 4. The molecule has 0 bridgehead atoms. The van der Waals surface area contributed by atoms with Crippen LogP contribution in [-0.4, -0.2) is 55.4 Å². The molecule has 154 valence electrons. The summed E-state index contributed by atoms with van der Waals surface area (Å²) in [6.07, 6.45) is 4.90. The molecule has 0 unspecified atom stereocenters. The summed E-state index contributed by atoms with van der Waals surface area (Å²) < 4.78 is 31.8. The van der Waals surface area contributed by atoms with Crippen molar-refractivity contribution in [3.05, 3.63) is 48.0 Å². The standard InChI is InChI=1S/C18H22N6O4S/c19-16-15-13(22-29(26,27)23-16)5-1-6-14(15)28-11-12-4-2-9-24(10-12)18(25)17-20-7-3-8-21-17/h1,3,5-8,12,22,26-27H,2,4,9-11H2,(H2,19,23)/t12-/m0/s1. The Morgan fingerprint density at radius 2 is 2.10 bits per heavy atom. The molecular weight excluding hydrogens is 396 g/mol. The van der Waals surface area contributed by atoms with E-state index in [4.69, 9.17) is 10.5 Å². The maximum absolute atomic E-state index is 12.6. The minimum Gasteiger partial charge on any atom is -0.492 e. The van der Waals surface area contributed by atoms with Crippen molar-refractivity contribution in [1.29, 1.82) is 0 Å². The number of nitrogens with zero attached hydrogens (tertiary/aromatic N) is 4. The van der Waals surface area contributed by atoms with E-state index < -0.39 is 11.0 Å². The van der Waals surface area contributed by atoms with Gasteiger partial charge in [-0.25, -0.2) is 9.97 Å². The molecule has 0 aliphatic carbocycles. The maximum atomic E-state index is 12.6. The van der Waals surface area contributed by atoms with Crippen LogP contribution in [0.5, 0.6) is 5.75 Å². The molecule has 10 nitrogen and oxygen atoms in total. The lowest BCUT2D eigenvalue weighted by molar-refractivity contribution is 0.0621. The molecule has 5 N–H and O–H groups in total. The number of benzene rings is 1. The molecule has 1 saturated heterocycles. The first-order chi connectivity index (χ1) is 13.9. The zero-order chi connectivity index (χ0) is 20.4. The van der Waals surface area contributed by atoms with Crippen LogP contribution in [0.2, 0.25) is 0 Å². The number of amidine groups is 1. The van der Waals surface area contributed by atoms with Crippen molar-refractivity contribution in [2.45, 2.75) is 12.8 Å². The summed E-state index contributed by atoms with van der Waals surface area (Å²) in [7, 11) is -3.34. The Morgan fingerprint density at radius 3 is 2.90 bits per heavy atom. The lowest BCUT2D eigenvalue weighted by Gasteiger charge is -2.34. The lowest BCUT2D eigenvalue weighted by Crippen LogP contribution is -2.42. The van der Waals surface area contributed by atoms with Crippen molar-refractivity contribution >= 4 is 28.4 Å². The molecule has 4 rings (SSSR count). The van der Waals surface area contributed by atoms with Gasteiger partial charge in [0.2, 0.25) is 5.82 Å². The number of carbonyl (C=O) groups excluding carboxylic acids is 1. The van der Waals surface area contributed by atoms with E-state index in [1.807, 2.05) is 0 Å². The number of amides is 1. The summed E-state index contributed by atoms with van der Waals surface area (Å²) in [5.74, 6) is 0.665. The summed E-state index contributed by atoms with van der Waals surface area (Å²) in [4.78, 5) is 22.4. The van der Waals surface area contributed by atoms with Crippen molar-refractivity contribution in [2.24, 2.45) is 16.0 Å². The SMILES string of the molecule is NC1=NS(O)(O)Nc2cccc(OC[C@H]3CCCN(C(=O)c4ncccn4)C3)c21. The largest absolute Gasteiger partial charge is 0.492 e. The highest BCUT2D eigenvalue weighted by molar-refractivity contribution is 8.24. The zero-order valence-corrected chi connectivity index (χ0v) is 16.4. The first kappa shape index (κ1) is 19.4. The third-order valence-electron chi connectivity index (χ3n) is 4.79. The van der Waals surface area contributed by atoms with Crippen LogP contribution in [0.4, 0.5) is 5.69 Å². The Balaban J connectivity index is 1.43.